The van der Waals surface area contributed by atoms with Gasteiger partial charge < -0.3 is 4.74 Å². The van der Waals surface area contributed by atoms with Crippen LogP contribution in [0.4, 0.5) is 0 Å². The predicted octanol–water partition coefficient (Wildman–Crippen LogP) is 1.68. The molecule has 0 heterocycles. The van der Waals surface area contributed by atoms with Crippen molar-refractivity contribution in [3.05, 3.63) is 0 Å². The topological polar surface area (TPSA) is 26.3 Å². The predicted molar refractivity (Wildman–Crippen MR) is 54.7 cm³/mol. The lowest BCUT2D eigenvalue weighted by molar-refractivity contribution is -0.142. The monoisotopic (exact) mass is 196 g/mol. The summed E-state index contributed by atoms with van der Waals surface area (Å²) in [7, 11) is 0.166. The zero-order valence-corrected chi connectivity index (χ0v) is 9.68. The number of hydrogen-bond donors (Lipinski definition) is 0. The Bertz CT molecular complexity index is 267. The zero-order valence-electron chi connectivity index (χ0n) is 8.68. The number of hydrogen-bond acceptors (Lipinski definition) is 2. The molecule has 0 spiro atoms. The van der Waals surface area contributed by atoms with Gasteiger partial charge in [0, 0.05) is 5.92 Å². The Balaban J connectivity index is 2.43. The van der Waals surface area contributed by atoms with Gasteiger partial charge in [0.05, 0.1) is 13.0 Å². The first-order chi connectivity index (χ1) is 5.94. The van der Waals surface area contributed by atoms with Crippen molar-refractivity contribution in [1.82, 2.24) is 0 Å². The molecule has 0 aromatic heterocycles. The summed E-state index contributed by atoms with van der Waals surface area (Å²) in [5.74, 6) is 3.41. The van der Waals surface area contributed by atoms with E-state index in [2.05, 4.69) is 35.8 Å². The Hall–Kier alpha value is -0.753. The highest BCUT2D eigenvalue weighted by Gasteiger charge is 2.43. The van der Waals surface area contributed by atoms with Gasteiger partial charge >= 0.3 is 5.97 Å². The fourth-order valence-corrected chi connectivity index (χ4v) is 1.69. The van der Waals surface area contributed by atoms with Gasteiger partial charge in [-0.3, -0.25) is 4.79 Å². The van der Waals surface area contributed by atoms with Gasteiger partial charge in [-0.25, -0.2) is 0 Å². The number of methoxy groups -OCH3 is 1. The molecule has 72 valence electrons. The van der Waals surface area contributed by atoms with Crippen LogP contribution in [0.2, 0.25) is 19.6 Å². The minimum absolute atomic E-state index is 0.0637. The van der Waals surface area contributed by atoms with E-state index in [4.69, 9.17) is 0 Å². The van der Waals surface area contributed by atoms with Crippen molar-refractivity contribution < 1.29 is 9.53 Å². The molecular weight excluding hydrogens is 180 g/mol. The molecule has 1 saturated carbocycles. The summed E-state index contributed by atoms with van der Waals surface area (Å²) in [6.07, 6.45) is 0.893. The summed E-state index contributed by atoms with van der Waals surface area (Å²) in [5, 5.41) is 0. The first-order valence-corrected chi connectivity index (χ1v) is 8.04. The van der Waals surface area contributed by atoms with Crippen molar-refractivity contribution in [2.45, 2.75) is 26.1 Å². The van der Waals surface area contributed by atoms with Gasteiger partial charge in [-0.05, 0) is 6.42 Å². The molecule has 2 nitrogen and oxygen atoms in total. The third-order valence-electron chi connectivity index (χ3n) is 1.93. The highest BCUT2D eigenvalue weighted by molar-refractivity contribution is 6.83. The van der Waals surface area contributed by atoms with E-state index in [-0.39, 0.29) is 17.8 Å². The lowest BCUT2D eigenvalue weighted by atomic mass is 10.3. The second kappa shape index (κ2) is 3.55. The molecule has 3 heteroatoms. The summed E-state index contributed by atoms with van der Waals surface area (Å²) < 4.78 is 4.64. The van der Waals surface area contributed by atoms with E-state index in [1.807, 2.05) is 0 Å². The van der Waals surface area contributed by atoms with E-state index in [1.165, 1.54) is 7.11 Å². The van der Waals surface area contributed by atoms with Crippen LogP contribution in [0, 0.1) is 23.3 Å². The fraction of sp³-hybridized carbons (Fsp3) is 0.700. The number of ether oxygens (including phenoxy) is 1. The molecule has 0 N–H and O–H groups in total. The van der Waals surface area contributed by atoms with Gasteiger partial charge in [0.15, 0.2) is 0 Å². The third-order valence-corrected chi connectivity index (χ3v) is 2.82. The minimum atomic E-state index is -1.27. The Morgan fingerprint density at radius 2 is 2.08 bits per heavy atom. The van der Waals surface area contributed by atoms with Gasteiger partial charge in [0.25, 0.3) is 0 Å². The average Bonchev–Trinajstić information content (AvgIpc) is 2.77. The summed E-state index contributed by atoms with van der Waals surface area (Å²) in [6, 6.07) is 0. The molecule has 2 unspecified atom stereocenters. The quantitative estimate of drug-likeness (QED) is 0.362. The molecular formula is C10H16O2Si. The Kier molecular flexibility index (Phi) is 2.82. The van der Waals surface area contributed by atoms with Gasteiger partial charge in [0.2, 0.25) is 0 Å². The zero-order chi connectivity index (χ0) is 10.1. The van der Waals surface area contributed by atoms with E-state index >= 15 is 0 Å². The van der Waals surface area contributed by atoms with Crippen LogP contribution in [-0.4, -0.2) is 21.2 Å². The second-order valence-corrected chi connectivity index (χ2v) is 9.24. The molecule has 1 fully saturated rings. The molecule has 1 rings (SSSR count). The molecule has 0 aliphatic heterocycles. The maximum absolute atomic E-state index is 11.0. The van der Waals surface area contributed by atoms with Crippen LogP contribution in [0.3, 0.4) is 0 Å². The van der Waals surface area contributed by atoms with E-state index in [9.17, 15) is 4.79 Å². The van der Waals surface area contributed by atoms with Gasteiger partial charge in [-0.1, -0.05) is 19.6 Å². The van der Waals surface area contributed by atoms with E-state index in [1.54, 1.807) is 0 Å². The fourth-order valence-electron chi connectivity index (χ4n) is 1.08. The molecule has 0 aromatic carbocycles. The van der Waals surface area contributed by atoms with Crippen molar-refractivity contribution in [2.75, 3.05) is 7.11 Å². The van der Waals surface area contributed by atoms with Crippen molar-refractivity contribution in [2.24, 2.45) is 11.8 Å². The molecule has 2 atom stereocenters. The van der Waals surface area contributed by atoms with E-state index in [0.717, 1.165) is 6.42 Å². The average molecular weight is 196 g/mol. The van der Waals surface area contributed by atoms with Gasteiger partial charge in [0.1, 0.15) is 8.07 Å². The van der Waals surface area contributed by atoms with Crippen LogP contribution in [0.1, 0.15) is 6.42 Å². The minimum Gasteiger partial charge on any atom is -0.469 e. The molecule has 0 saturated heterocycles. The van der Waals surface area contributed by atoms with Crippen LogP contribution < -0.4 is 0 Å². The first-order valence-electron chi connectivity index (χ1n) is 4.54. The van der Waals surface area contributed by atoms with Gasteiger partial charge in [-0.15, -0.1) is 11.5 Å². The van der Waals surface area contributed by atoms with Crippen LogP contribution in [0.5, 0.6) is 0 Å². The Morgan fingerprint density at radius 1 is 1.46 bits per heavy atom. The SMILES string of the molecule is COC(=O)C1CC1C#C[Si](C)(C)C. The third kappa shape index (κ3) is 3.23. The molecule has 0 radical (unpaired) electrons. The molecule has 13 heavy (non-hydrogen) atoms. The van der Waals surface area contributed by atoms with Crippen molar-refractivity contribution in [3.63, 3.8) is 0 Å². The summed E-state index contributed by atoms with van der Waals surface area (Å²) >= 11 is 0. The highest BCUT2D eigenvalue weighted by atomic mass is 28.3. The maximum atomic E-state index is 11.0. The molecule has 0 aromatic rings. The van der Waals surface area contributed by atoms with Crippen LogP contribution in [0.25, 0.3) is 0 Å². The van der Waals surface area contributed by atoms with Crippen molar-refractivity contribution in [1.29, 1.82) is 0 Å². The lowest BCUT2D eigenvalue weighted by Crippen LogP contribution is -2.16. The summed E-state index contributed by atoms with van der Waals surface area (Å²) in [5.41, 5.74) is 3.27. The Morgan fingerprint density at radius 3 is 2.54 bits per heavy atom. The Labute approximate surface area is 80.7 Å². The van der Waals surface area contributed by atoms with E-state index in [0.29, 0.717) is 0 Å². The van der Waals surface area contributed by atoms with Crippen LogP contribution >= 0.6 is 0 Å². The van der Waals surface area contributed by atoms with E-state index < -0.39 is 8.07 Å². The first kappa shape index (κ1) is 10.3. The molecule has 1 aliphatic rings. The van der Waals surface area contributed by atoms with Crippen molar-refractivity contribution >= 4 is 14.0 Å². The molecule has 1 aliphatic carbocycles. The smallest absolute Gasteiger partial charge is 0.309 e. The normalized spacial score (nSPS) is 25.8. The molecule has 0 amide bonds. The second-order valence-electron chi connectivity index (χ2n) is 4.49. The number of carbonyl (C=O) groups excluding carboxylic acids is 1. The van der Waals surface area contributed by atoms with Crippen LogP contribution in [-0.2, 0) is 9.53 Å². The number of esters is 1. The lowest BCUT2D eigenvalue weighted by Gasteiger charge is -2.02. The summed E-state index contributed by atoms with van der Waals surface area (Å²) in [4.78, 5) is 11.0. The maximum Gasteiger partial charge on any atom is 0.309 e. The highest BCUT2D eigenvalue weighted by Crippen LogP contribution is 2.38. The van der Waals surface area contributed by atoms with Crippen molar-refractivity contribution in [3.8, 4) is 11.5 Å². The standard InChI is InChI=1S/C10H16O2Si/c1-12-10(11)9-7-8(9)5-6-13(2,3)4/h8-9H,7H2,1-4H3. The van der Waals surface area contributed by atoms with Gasteiger partial charge in [-0.2, -0.15) is 0 Å². The summed E-state index contributed by atoms with van der Waals surface area (Å²) in [6.45, 7) is 6.61. The number of rotatable bonds is 1. The largest absolute Gasteiger partial charge is 0.469 e. The van der Waals surface area contributed by atoms with Crippen LogP contribution in [0.15, 0.2) is 0 Å². The number of carbonyl (C=O) groups is 1. The molecule has 0 bridgehead atoms.